The zero-order valence-electron chi connectivity index (χ0n) is 17.6. The van der Waals surface area contributed by atoms with E-state index in [-0.39, 0.29) is 0 Å². The highest BCUT2D eigenvalue weighted by atomic mass is 16.5. The molecule has 1 aliphatic rings. The number of benzene rings is 1. The number of methoxy groups -OCH3 is 1. The number of anilines is 2. The van der Waals surface area contributed by atoms with Gasteiger partial charge in [-0.15, -0.1) is 0 Å². The number of ether oxygens (including phenoxy) is 2. The smallest absolute Gasteiger partial charge is 0.161 e. The fourth-order valence-electron chi connectivity index (χ4n) is 3.52. The zero-order valence-corrected chi connectivity index (χ0v) is 17.6. The fraction of sp³-hybridized carbons (Fsp3) is 0.455. The summed E-state index contributed by atoms with van der Waals surface area (Å²) in [6, 6.07) is 8.48. The fourth-order valence-corrected chi connectivity index (χ4v) is 3.52. The molecule has 7 heteroatoms. The van der Waals surface area contributed by atoms with Crippen molar-refractivity contribution in [1.29, 1.82) is 0 Å². The lowest BCUT2D eigenvalue weighted by molar-refractivity contribution is 0.319. The van der Waals surface area contributed by atoms with Gasteiger partial charge >= 0.3 is 0 Å². The lowest BCUT2D eigenvalue weighted by Gasteiger charge is -2.26. The van der Waals surface area contributed by atoms with Crippen molar-refractivity contribution in [3.63, 3.8) is 0 Å². The molecule has 7 nitrogen and oxygen atoms in total. The first-order chi connectivity index (χ1) is 14.1. The highest BCUT2D eigenvalue weighted by molar-refractivity contribution is 5.49. The number of hydrogen-bond donors (Lipinski definition) is 2. The van der Waals surface area contributed by atoms with Crippen LogP contribution in [0.4, 0.5) is 11.6 Å². The van der Waals surface area contributed by atoms with E-state index < -0.39 is 0 Å². The van der Waals surface area contributed by atoms with Crippen LogP contribution in [-0.2, 0) is 6.54 Å². The molecule has 1 fully saturated rings. The Morgan fingerprint density at radius 3 is 2.90 bits per heavy atom. The zero-order chi connectivity index (χ0) is 20.6. The van der Waals surface area contributed by atoms with Gasteiger partial charge < -0.3 is 25.0 Å². The van der Waals surface area contributed by atoms with Crippen molar-refractivity contribution in [1.82, 2.24) is 15.3 Å². The topological polar surface area (TPSA) is 71.5 Å². The first-order valence-electron chi connectivity index (χ1n) is 10.0. The van der Waals surface area contributed by atoms with E-state index in [2.05, 4.69) is 38.1 Å². The van der Waals surface area contributed by atoms with Gasteiger partial charge in [-0.25, -0.2) is 9.97 Å². The average Bonchev–Trinajstić information content (AvgIpc) is 3.21. The summed E-state index contributed by atoms with van der Waals surface area (Å²) in [6.45, 7) is 9.00. The molecule has 0 saturated carbocycles. The molecule has 1 atom stereocenters. The maximum atomic E-state index is 5.83. The number of nitrogens with one attached hydrogen (secondary N) is 2. The molecule has 1 saturated heterocycles. The van der Waals surface area contributed by atoms with Crippen LogP contribution >= 0.6 is 0 Å². The summed E-state index contributed by atoms with van der Waals surface area (Å²) in [5.41, 5.74) is 2.13. The maximum Gasteiger partial charge on any atom is 0.161 e. The average molecular weight is 398 g/mol. The van der Waals surface area contributed by atoms with Crippen LogP contribution in [0, 0.1) is 0 Å². The molecule has 0 bridgehead atoms. The molecule has 0 aliphatic carbocycles. The van der Waals surface area contributed by atoms with E-state index in [1.807, 2.05) is 32.2 Å². The summed E-state index contributed by atoms with van der Waals surface area (Å²) in [7, 11) is 3.53. The number of nitrogens with zero attached hydrogens (tertiary/aromatic N) is 3. The number of hydrogen-bond acceptors (Lipinski definition) is 7. The van der Waals surface area contributed by atoms with Crippen LogP contribution in [0.2, 0.25) is 0 Å². The van der Waals surface area contributed by atoms with Crippen molar-refractivity contribution in [2.45, 2.75) is 32.4 Å². The summed E-state index contributed by atoms with van der Waals surface area (Å²) < 4.78 is 11.2. The molecule has 29 heavy (non-hydrogen) atoms. The SMILES string of the molecule is C=C(C)COc1cc(CNCC2CCCN2c2cc(NC)ncn2)ccc1OC. The van der Waals surface area contributed by atoms with E-state index in [1.165, 1.54) is 6.42 Å². The molecule has 156 valence electrons. The molecular formula is C22H31N5O2. The molecule has 1 aromatic heterocycles. The van der Waals surface area contributed by atoms with E-state index in [0.29, 0.717) is 12.6 Å². The third kappa shape index (κ3) is 5.60. The van der Waals surface area contributed by atoms with Crippen LogP contribution in [0.25, 0.3) is 0 Å². The molecule has 0 radical (unpaired) electrons. The highest BCUT2D eigenvalue weighted by Gasteiger charge is 2.25. The van der Waals surface area contributed by atoms with Gasteiger partial charge in [0.05, 0.1) is 7.11 Å². The van der Waals surface area contributed by atoms with E-state index in [1.54, 1.807) is 13.4 Å². The Morgan fingerprint density at radius 2 is 2.14 bits per heavy atom. The van der Waals surface area contributed by atoms with Crippen molar-refractivity contribution < 1.29 is 9.47 Å². The van der Waals surface area contributed by atoms with E-state index >= 15 is 0 Å². The van der Waals surface area contributed by atoms with Crippen molar-refractivity contribution in [2.24, 2.45) is 0 Å². The second-order valence-electron chi connectivity index (χ2n) is 7.36. The minimum atomic E-state index is 0.423. The largest absolute Gasteiger partial charge is 0.493 e. The quantitative estimate of drug-likeness (QED) is 0.596. The van der Waals surface area contributed by atoms with Gasteiger partial charge in [0, 0.05) is 38.8 Å². The molecule has 0 spiro atoms. The predicted octanol–water partition coefficient (Wildman–Crippen LogP) is 3.24. The van der Waals surface area contributed by atoms with Crippen molar-refractivity contribution in [3.05, 3.63) is 48.3 Å². The van der Waals surface area contributed by atoms with Crippen LogP contribution in [-0.4, -0.2) is 49.9 Å². The van der Waals surface area contributed by atoms with Gasteiger partial charge in [0.1, 0.15) is 24.6 Å². The van der Waals surface area contributed by atoms with E-state index in [0.717, 1.165) is 60.3 Å². The second-order valence-corrected chi connectivity index (χ2v) is 7.36. The lowest BCUT2D eigenvalue weighted by atomic mass is 10.1. The lowest BCUT2D eigenvalue weighted by Crippen LogP contribution is -2.38. The molecule has 2 N–H and O–H groups in total. The Hall–Kier alpha value is -2.80. The molecule has 0 amide bonds. The number of rotatable bonds is 10. The minimum absolute atomic E-state index is 0.423. The predicted molar refractivity (Wildman–Crippen MR) is 117 cm³/mol. The summed E-state index contributed by atoms with van der Waals surface area (Å²) >= 11 is 0. The van der Waals surface area contributed by atoms with Crippen LogP contribution in [0.3, 0.4) is 0 Å². The normalized spacial score (nSPS) is 16.0. The first kappa shape index (κ1) is 20.9. The standard InChI is InChI=1S/C22H31N5O2/c1-16(2)14-29-20-10-17(7-8-19(20)28-4)12-24-13-18-6-5-9-27(18)22-11-21(23-3)25-15-26-22/h7-8,10-11,15,18,24H,1,5-6,9,12-14H2,2-4H3,(H,23,25,26). The molecule has 1 aliphatic heterocycles. The van der Waals surface area contributed by atoms with Gasteiger partial charge in [0.15, 0.2) is 11.5 Å². The Kier molecular flexibility index (Phi) is 7.30. The van der Waals surface area contributed by atoms with Crippen LogP contribution in [0.5, 0.6) is 11.5 Å². The maximum absolute atomic E-state index is 5.83. The van der Waals surface area contributed by atoms with Gasteiger partial charge in [-0.1, -0.05) is 12.6 Å². The summed E-state index contributed by atoms with van der Waals surface area (Å²) in [6.07, 6.45) is 3.95. The number of aromatic nitrogens is 2. The molecule has 2 heterocycles. The molecule has 2 aromatic rings. The van der Waals surface area contributed by atoms with E-state index in [4.69, 9.17) is 9.47 Å². The van der Waals surface area contributed by atoms with Crippen molar-refractivity contribution >= 4 is 11.6 Å². The molecular weight excluding hydrogens is 366 g/mol. The Morgan fingerprint density at radius 1 is 1.28 bits per heavy atom. The Labute approximate surface area is 173 Å². The van der Waals surface area contributed by atoms with Crippen LogP contribution < -0.4 is 25.0 Å². The van der Waals surface area contributed by atoms with Gasteiger partial charge in [-0.05, 0) is 43.0 Å². The molecule has 3 rings (SSSR count). The summed E-state index contributed by atoms with van der Waals surface area (Å²) in [5, 5.41) is 6.67. The van der Waals surface area contributed by atoms with Crippen LogP contribution in [0.15, 0.2) is 42.7 Å². The molecule has 1 unspecified atom stereocenters. The Bertz CT molecular complexity index is 827. The first-order valence-corrected chi connectivity index (χ1v) is 10.0. The molecule has 1 aromatic carbocycles. The third-order valence-corrected chi connectivity index (χ3v) is 4.99. The van der Waals surface area contributed by atoms with Gasteiger partial charge in [0.25, 0.3) is 0 Å². The monoisotopic (exact) mass is 397 g/mol. The minimum Gasteiger partial charge on any atom is -0.493 e. The summed E-state index contributed by atoms with van der Waals surface area (Å²) in [5.74, 6) is 3.31. The second kappa shape index (κ2) is 10.1. The van der Waals surface area contributed by atoms with Crippen molar-refractivity contribution in [3.8, 4) is 11.5 Å². The van der Waals surface area contributed by atoms with E-state index in [9.17, 15) is 0 Å². The Balaban J connectivity index is 1.58. The van der Waals surface area contributed by atoms with Gasteiger partial charge in [-0.2, -0.15) is 0 Å². The van der Waals surface area contributed by atoms with Gasteiger partial charge in [0.2, 0.25) is 0 Å². The summed E-state index contributed by atoms with van der Waals surface area (Å²) in [4.78, 5) is 11.0. The highest BCUT2D eigenvalue weighted by Crippen LogP contribution is 2.29. The van der Waals surface area contributed by atoms with Gasteiger partial charge in [-0.3, -0.25) is 0 Å². The van der Waals surface area contributed by atoms with Crippen LogP contribution in [0.1, 0.15) is 25.3 Å². The third-order valence-electron chi connectivity index (χ3n) is 4.99. The van der Waals surface area contributed by atoms with Crippen molar-refractivity contribution in [2.75, 3.05) is 44.1 Å².